The maximum absolute atomic E-state index is 11.3. The molecule has 1 aliphatic carbocycles. The van der Waals surface area contributed by atoms with Gasteiger partial charge in [-0.2, -0.15) is 0 Å². The van der Waals surface area contributed by atoms with Crippen LogP contribution in [0.15, 0.2) is 6.07 Å². The Morgan fingerprint density at radius 3 is 2.62 bits per heavy atom. The van der Waals surface area contributed by atoms with Gasteiger partial charge in [0.15, 0.2) is 0 Å². The molecule has 1 aromatic heterocycles. The second-order valence-corrected chi connectivity index (χ2v) is 6.03. The maximum atomic E-state index is 11.3. The smallest absolute Gasteiger partial charge is 0.312 e. The van der Waals surface area contributed by atoms with Gasteiger partial charge in [-0.1, -0.05) is 13.8 Å². The maximum Gasteiger partial charge on any atom is 0.312 e. The summed E-state index contributed by atoms with van der Waals surface area (Å²) < 4.78 is 0. The summed E-state index contributed by atoms with van der Waals surface area (Å²) in [5, 5.41) is 9.26. The van der Waals surface area contributed by atoms with Crippen LogP contribution in [0.1, 0.15) is 47.9 Å². The second-order valence-electron chi connectivity index (χ2n) is 4.86. The molecule has 1 N–H and O–H groups in total. The number of carboxylic acids is 1. The van der Waals surface area contributed by atoms with E-state index < -0.39 is 5.97 Å². The molecule has 0 aliphatic heterocycles. The molecule has 0 saturated carbocycles. The Hall–Kier alpha value is -0.830. The fourth-order valence-corrected chi connectivity index (χ4v) is 3.93. The van der Waals surface area contributed by atoms with Gasteiger partial charge in [-0.15, -0.1) is 11.3 Å². The van der Waals surface area contributed by atoms with E-state index in [2.05, 4.69) is 6.07 Å². The minimum atomic E-state index is -0.686. The second kappa shape index (κ2) is 4.58. The van der Waals surface area contributed by atoms with Crippen LogP contribution >= 0.6 is 11.3 Å². The van der Waals surface area contributed by atoms with Crippen molar-refractivity contribution < 1.29 is 9.90 Å². The molecule has 0 fully saturated rings. The average Bonchev–Trinajstić information content (AvgIpc) is 2.58. The highest BCUT2D eigenvalue weighted by atomic mass is 32.1. The zero-order valence-corrected chi connectivity index (χ0v) is 10.6. The largest absolute Gasteiger partial charge is 0.481 e. The van der Waals surface area contributed by atoms with Crippen molar-refractivity contribution in [2.24, 2.45) is 5.92 Å². The number of thiophene rings is 1. The van der Waals surface area contributed by atoms with Crippen molar-refractivity contribution in [2.45, 2.75) is 45.4 Å². The molecule has 88 valence electrons. The van der Waals surface area contributed by atoms with Gasteiger partial charge < -0.3 is 5.11 Å². The monoisotopic (exact) mass is 238 g/mol. The van der Waals surface area contributed by atoms with Gasteiger partial charge in [-0.05, 0) is 43.2 Å². The zero-order valence-electron chi connectivity index (χ0n) is 9.82. The Morgan fingerprint density at radius 2 is 2.06 bits per heavy atom. The van der Waals surface area contributed by atoms with Crippen LogP contribution in [0, 0.1) is 5.92 Å². The van der Waals surface area contributed by atoms with E-state index in [1.54, 1.807) is 11.3 Å². The number of aryl methyl sites for hydroxylation is 2. The lowest BCUT2D eigenvalue weighted by molar-refractivity contribution is -0.139. The van der Waals surface area contributed by atoms with E-state index in [1.807, 2.05) is 13.8 Å². The number of hydrogen-bond acceptors (Lipinski definition) is 2. The fraction of sp³-hybridized carbons (Fsp3) is 0.615. The van der Waals surface area contributed by atoms with E-state index in [4.69, 9.17) is 0 Å². The van der Waals surface area contributed by atoms with Crippen LogP contribution in [0.3, 0.4) is 0 Å². The van der Waals surface area contributed by atoms with Gasteiger partial charge >= 0.3 is 5.97 Å². The normalized spacial score (nSPS) is 17.2. The molecule has 3 heteroatoms. The molecule has 2 nitrogen and oxygen atoms in total. The molecule has 0 amide bonds. The fourth-order valence-electron chi connectivity index (χ4n) is 2.40. The predicted molar refractivity (Wildman–Crippen MR) is 66.2 cm³/mol. The molecule has 1 atom stereocenters. The summed E-state index contributed by atoms with van der Waals surface area (Å²) in [4.78, 5) is 13.7. The number of rotatable bonds is 3. The van der Waals surface area contributed by atoms with Crippen molar-refractivity contribution >= 4 is 17.3 Å². The van der Waals surface area contributed by atoms with Crippen LogP contribution in [0.4, 0.5) is 0 Å². The lowest BCUT2D eigenvalue weighted by Crippen LogP contribution is -2.16. The Morgan fingerprint density at radius 1 is 1.38 bits per heavy atom. The molecule has 1 aromatic rings. The molecule has 0 bridgehead atoms. The first-order valence-corrected chi connectivity index (χ1v) is 6.75. The van der Waals surface area contributed by atoms with Gasteiger partial charge in [0.25, 0.3) is 0 Å². The average molecular weight is 238 g/mol. The summed E-state index contributed by atoms with van der Waals surface area (Å²) in [6.45, 7) is 3.97. The number of carbonyl (C=O) groups is 1. The minimum absolute atomic E-state index is 0.164. The third kappa shape index (κ3) is 2.14. The Labute approximate surface area is 100 Å². The number of aliphatic carboxylic acids is 1. The van der Waals surface area contributed by atoms with Crippen LogP contribution in [-0.2, 0) is 17.6 Å². The van der Waals surface area contributed by atoms with Gasteiger partial charge in [0, 0.05) is 9.75 Å². The van der Waals surface area contributed by atoms with Crippen LogP contribution in [0.25, 0.3) is 0 Å². The molecule has 16 heavy (non-hydrogen) atoms. The summed E-state index contributed by atoms with van der Waals surface area (Å²) in [5.74, 6) is -0.846. The highest BCUT2D eigenvalue weighted by molar-refractivity contribution is 7.12. The molecule has 0 spiro atoms. The third-order valence-corrected chi connectivity index (χ3v) is 4.58. The molecule has 0 saturated heterocycles. The molecular formula is C13H18O2S. The summed E-state index contributed by atoms with van der Waals surface area (Å²) in [7, 11) is 0. The zero-order chi connectivity index (χ0) is 11.7. The third-order valence-electron chi connectivity index (χ3n) is 3.25. The lowest BCUT2D eigenvalue weighted by Gasteiger charge is -2.13. The highest BCUT2D eigenvalue weighted by Crippen LogP contribution is 2.36. The van der Waals surface area contributed by atoms with E-state index in [9.17, 15) is 9.90 Å². The van der Waals surface area contributed by atoms with Crippen molar-refractivity contribution in [3.05, 3.63) is 21.4 Å². The molecule has 1 unspecified atom stereocenters. The molecule has 1 heterocycles. The van der Waals surface area contributed by atoms with E-state index >= 15 is 0 Å². The van der Waals surface area contributed by atoms with E-state index in [-0.39, 0.29) is 11.8 Å². The van der Waals surface area contributed by atoms with Crippen molar-refractivity contribution in [2.75, 3.05) is 0 Å². The van der Waals surface area contributed by atoms with Crippen molar-refractivity contribution in [3.63, 3.8) is 0 Å². The Bertz CT molecular complexity index is 369. The van der Waals surface area contributed by atoms with E-state index in [1.165, 1.54) is 23.3 Å². The van der Waals surface area contributed by atoms with Gasteiger partial charge in [0.2, 0.25) is 0 Å². The number of fused-ring (bicyclic) bond motifs is 1. The van der Waals surface area contributed by atoms with E-state index in [0.29, 0.717) is 0 Å². The summed E-state index contributed by atoms with van der Waals surface area (Å²) in [6, 6.07) is 2.14. The van der Waals surface area contributed by atoms with Crippen LogP contribution in [-0.4, -0.2) is 11.1 Å². The summed E-state index contributed by atoms with van der Waals surface area (Å²) >= 11 is 1.72. The first kappa shape index (κ1) is 11.6. The summed E-state index contributed by atoms with van der Waals surface area (Å²) in [6.07, 6.45) is 4.79. The Kier molecular flexibility index (Phi) is 3.33. The van der Waals surface area contributed by atoms with Crippen LogP contribution < -0.4 is 0 Å². The van der Waals surface area contributed by atoms with Crippen molar-refractivity contribution in [1.29, 1.82) is 0 Å². The van der Waals surface area contributed by atoms with Crippen LogP contribution in [0.5, 0.6) is 0 Å². The topological polar surface area (TPSA) is 37.3 Å². The molecular weight excluding hydrogens is 220 g/mol. The molecule has 0 aromatic carbocycles. The SMILES string of the molecule is CC(C)C(C(=O)O)c1cc2c(s1)CCCC2. The van der Waals surface area contributed by atoms with Crippen molar-refractivity contribution in [1.82, 2.24) is 0 Å². The lowest BCUT2D eigenvalue weighted by atomic mass is 9.92. The first-order valence-electron chi connectivity index (χ1n) is 5.94. The minimum Gasteiger partial charge on any atom is -0.481 e. The number of hydrogen-bond donors (Lipinski definition) is 1. The first-order chi connectivity index (χ1) is 7.59. The van der Waals surface area contributed by atoms with Gasteiger partial charge in [-0.25, -0.2) is 0 Å². The van der Waals surface area contributed by atoms with Gasteiger partial charge in [-0.3, -0.25) is 4.79 Å². The highest BCUT2D eigenvalue weighted by Gasteiger charge is 2.27. The van der Waals surface area contributed by atoms with E-state index in [0.717, 1.165) is 17.7 Å². The Balaban J connectivity index is 2.31. The molecule has 1 aliphatic rings. The van der Waals surface area contributed by atoms with Gasteiger partial charge in [0.05, 0.1) is 5.92 Å². The predicted octanol–water partition coefficient (Wildman–Crippen LogP) is 3.45. The molecule has 2 rings (SSSR count). The summed E-state index contributed by atoms with van der Waals surface area (Å²) in [5.41, 5.74) is 1.40. The molecule has 0 radical (unpaired) electrons. The van der Waals surface area contributed by atoms with Gasteiger partial charge in [0.1, 0.15) is 0 Å². The van der Waals surface area contributed by atoms with Crippen molar-refractivity contribution in [3.8, 4) is 0 Å². The number of carboxylic acid groups (broad SMARTS) is 1. The standard InChI is InChI=1S/C13H18O2S/c1-8(2)12(13(14)15)11-7-9-5-3-4-6-10(9)16-11/h7-8,12H,3-6H2,1-2H3,(H,14,15). The quantitative estimate of drug-likeness (QED) is 0.875. The van der Waals surface area contributed by atoms with Crippen LogP contribution in [0.2, 0.25) is 0 Å².